The molecule has 0 spiro atoms. The van der Waals surface area contributed by atoms with Gasteiger partial charge in [-0.05, 0) is 6.42 Å². The Morgan fingerprint density at radius 1 is 1.67 bits per heavy atom. The smallest absolute Gasteiger partial charge is 0.305 e. The van der Waals surface area contributed by atoms with Crippen LogP contribution in [0.4, 0.5) is 0 Å². The molecule has 6 heteroatoms. The van der Waals surface area contributed by atoms with Gasteiger partial charge in [-0.3, -0.25) is 9.79 Å². The summed E-state index contributed by atoms with van der Waals surface area (Å²) in [5, 5.41) is 1.20. The summed E-state index contributed by atoms with van der Waals surface area (Å²) < 4.78 is 4.58. The monoisotopic (exact) mass is 254 g/mol. The summed E-state index contributed by atoms with van der Waals surface area (Å²) in [6.07, 6.45) is 1.34. The molecule has 1 atom stereocenters. The molecule has 90 valence electrons. The maximum atomic E-state index is 10.9. The van der Waals surface area contributed by atoms with E-state index in [1.165, 1.54) is 12.2 Å². The van der Waals surface area contributed by atoms with Crippen molar-refractivity contribution in [2.45, 2.75) is 19.8 Å². The Bertz CT molecular complexity index is 224. The first-order chi connectivity index (χ1) is 6.24. The van der Waals surface area contributed by atoms with Gasteiger partial charge in [0.1, 0.15) is 0 Å². The molecule has 0 saturated carbocycles. The lowest BCUT2D eigenvalue weighted by Gasteiger charge is -2.08. The van der Waals surface area contributed by atoms with Crippen molar-refractivity contribution in [1.29, 1.82) is 0 Å². The average molecular weight is 255 g/mol. The van der Waals surface area contributed by atoms with Gasteiger partial charge >= 0.3 is 5.97 Å². The van der Waals surface area contributed by atoms with E-state index in [9.17, 15) is 4.79 Å². The van der Waals surface area contributed by atoms with Crippen LogP contribution in [0.5, 0.6) is 0 Å². The maximum Gasteiger partial charge on any atom is 0.305 e. The number of nitrogens with zero attached hydrogens (tertiary/aromatic N) is 1. The number of hydrogen-bond acceptors (Lipinski definition) is 5. The first-order valence-corrected chi connectivity index (χ1v) is 5.46. The molecule has 0 aromatic heterocycles. The fourth-order valence-corrected chi connectivity index (χ4v) is 2.19. The minimum absolute atomic E-state index is 0. The van der Waals surface area contributed by atoms with Gasteiger partial charge < -0.3 is 10.9 Å². The fraction of sp³-hybridized carbons (Fsp3) is 0.778. The van der Waals surface area contributed by atoms with Gasteiger partial charge in [-0.25, -0.2) is 0 Å². The zero-order valence-electron chi connectivity index (χ0n) is 9.19. The highest BCUT2D eigenvalue weighted by Crippen LogP contribution is 2.21. The van der Waals surface area contributed by atoms with Crippen LogP contribution in [-0.2, 0) is 9.53 Å². The highest BCUT2D eigenvalue weighted by molar-refractivity contribution is 8.14. The number of rotatable bonds is 4. The number of thioether (sulfide) groups is 1. The second-order valence-corrected chi connectivity index (χ2v) is 4.20. The Morgan fingerprint density at radius 2 is 2.33 bits per heavy atom. The largest absolute Gasteiger partial charge is 0.469 e. The lowest BCUT2D eigenvalue weighted by atomic mass is 10.1. The Balaban J connectivity index is 0. The summed E-state index contributed by atoms with van der Waals surface area (Å²) in [6.45, 7) is 3.04. The van der Waals surface area contributed by atoms with Crippen molar-refractivity contribution in [3.8, 4) is 0 Å². The van der Waals surface area contributed by atoms with Gasteiger partial charge in [-0.15, -0.1) is 24.2 Å². The Kier molecular flexibility index (Phi) is 10.3. The summed E-state index contributed by atoms with van der Waals surface area (Å²) in [6, 6.07) is 0. The molecule has 4 nitrogen and oxygen atoms in total. The quantitative estimate of drug-likeness (QED) is 0.782. The van der Waals surface area contributed by atoms with E-state index in [1.54, 1.807) is 0 Å². The number of carbonyl (C=O) groups is 1. The van der Waals surface area contributed by atoms with Gasteiger partial charge in [0.05, 0.1) is 12.2 Å². The van der Waals surface area contributed by atoms with Crippen molar-refractivity contribution in [2.24, 2.45) is 10.9 Å². The molecule has 1 unspecified atom stereocenters. The second-order valence-electron chi connectivity index (χ2n) is 3.08. The summed E-state index contributed by atoms with van der Waals surface area (Å²) in [7, 11) is 1.43. The van der Waals surface area contributed by atoms with Gasteiger partial charge in [-0.1, -0.05) is 6.92 Å². The van der Waals surface area contributed by atoms with Gasteiger partial charge in [-0.2, -0.15) is 0 Å². The van der Waals surface area contributed by atoms with E-state index in [2.05, 4.69) is 16.7 Å². The van der Waals surface area contributed by atoms with E-state index in [4.69, 9.17) is 0 Å². The predicted molar refractivity (Wildman–Crippen MR) is 67.4 cm³/mol. The predicted octanol–water partition coefficient (Wildman–Crippen LogP) is 2.30. The first kappa shape index (κ1) is 17.1. The third-order valence-corrected chi connectivity index (χ3v) is 3.25. The van der Waals surface area contributed by atoms with Crippen molar-refractivity contribution in [3.63, 3.8) is 0 Å². The molecule has 1 aliphatic rings. The van der Waals surface area contributed by atoms with Gasteiger partial charge in [0.15, 0.2) is 0 Å². The Morgan fingerprint density at radius 3 is 2.80 bits per heavy atom. The van der Waals surface area contributed by atoms with Crippen LogP contribution in [-0.4, -0.2) is 30.4 Å². The standard InChI is InChI=1S/C9H15NO2S.ClH.H3N/c1-7(3-4-8(11)12-2)9-10-5-6-13-9;;/h7H,3-6H2,1-2H3;1H;1H3. The van der Waals surface area contributed by atoms with E-state index in [0.29, 0.717) is 12.3 Å². The minimum Gasteiger partial charge on any atom is -0.469 e. The van der Waals surface area contributed by atoms with Crippen molar-refractivity contribution in [2.75, 3.05) is 19.4 Å². The van der Waals surface area contributed by atoms with E-state index in [1.807, 2.05) is 11.8 Å². The van der Waals surface area contributed by atoms with E-state index < -0.39 is 0 Å². The molecule has 0 aromatic carbocycles. The number of hydrogen-bond donors (Lipinski definition) is 1. The topological polar surface area (TPSA) is 73.7 Å². The zero-order valence-corrected chi connectivity index (χ0v) is 10.8. The molecule has 0 bridgehead atoms. The highest BCUT2D eigenvalue weighted by atomic mass is 35.5. The van der Waals surface area contributed by atoms with Crippen LogP contribution in [0.1, 0.15) is 19.8 Å². The Hall–Kier alpha value is -0.260. The summed E-state index contributed by atoms with van der Waals surface area (Å²) in [4.78, 5) is 15.2. The molecule has 0 amide bonds. The molecule has 15 heavy (non-hydrogen) atoms. The van der Waals surface area contributed by atoms with Crippen molar-refractivity contribution < 1.29 is 9.53 Å². The molecule has 0 fully saturated rings. The van der Waals surface area contributed by atoms with Gasteiger partial charge in [0, 0.05) is 24.6 Å². The number of ether oxygens (including phenoxy) is 1. The van der Waals surface area contributed by atoms with Crippen molar-refractivity contribution in [1.82, 2.24) is 6.15 Å². The number of aliphatic imine (C=N–C) groups is 1. The van der Waals surface area contributed by atoms with Crippen molar-refractivity contribution >= 4 is 35.2 Å². The summed E-state index contributed by atoms with van der Waals surface area (Å²) in [5.41, 5.74) is 0. The lowest BCUT2D eigenvalue weighted by molar-refractivity contribution is -0.140. The first-order valence-electron chi connectivity index (χ1n) is 4.48. The number of esters is 1. The SMILES string of the molecule is COC(=O)CCC(C)C1=NCCS1.Cl.N. The van der Waals surface area contributed by atoms with Gasteiger partial charge in [0.2, 0.25) is 0 Å². The van der Waals surface area contributed by atoms with Crippen LogP contribution in [0.3, 0.4) is 0 Å². The molecule has 0 aliphatic carbocycles. The van der Waals surface area contributed by atoms with Crippen LogP contribution in [0.25, 0.3) is 0 Å². The number of carbonyl (C=O) groups excluding carboxylic acids is 1. The molecule has 1 heterocycles. The molecule has 3 N–H and O–H groups in total. The minimum atomic E-state index is -0.129. The number of methoxy groups -OCH3 is 1. The molecular weight excluding hydrogens is 236 g/mol. The normalized spacial score (nSPS) is 15.7. The molecule has 1 aliphatic heterocycles. The maximum absolute atomic E-state index is 10.9. The van der Waals surface area contributed by atoms with Crippen LogP contribution < -0.4 is 6.15 Å². The van der Waals surface area contributed by atoms with Crippen LogP contribution in [0, 0.1) is 5.92 Å². The van der Waals surface area contributed by atoms with E-state index in [-0.39, 0.29) is 24.5 Å². The third-order valence-electron chi connectivity index (χ3n) is 2.04. The zero-order chi connectivity index (χ0) is 9.68. The number of halogens is 1. The molecule has 1 rings (SSSR count). The third kappa shape index (κ3) is 6.02. The highest BCUT2D eigenvalue weighted by Gasteiger charge is 2.16. The summed E-state index contributed by atoms with van der Waals surface area (Å²) >= 11 is 1.81. The Labute approximate surface area is 101 Å². The summed E-state index contributed by atoms with van der Waals surface area (Å²) in [5.74, 6) is 1.37. The van der Waals surface area contributed by atoms with Crippen molar-refractivity contribution in [3.05, 3.63) is 0 Å². The van der Waals surface area contributed by atoms with Crippen LogP contribution in [0.2, 0.25) is 0 Å². The molecule has 0 aromatic rings. The van der Waals surface area contributed by atoms with E-state index >= 15 is 0 Å². The van der Waals surface area contributed by atoms with Crippen LogP contribution >= 0.6 is 24.2 Å². The lowest BCUT2D eigenvalue weighted by Crippen LogP contribution is -2.09. The second kappa shape index (κ2) is 9.00. The van der Waals surface area contributed by atoms with E-state index in [0.717, 1.165) is 18.7 Å². The molecule has 0 radical (unpaired) electrons. The van der Waals surface area contributed by atoms with Crippen LogP contribution in [0.15, 0.2) is 4.99 Å². The average Bonchev–Trinajstić information content (AvgIpc) is 2.66. The molecule has 0 saturated heterocycles. The fourth-order valence-electron chi connectivity index (χ4n) is 1.21. The molecular formula is C9H19ClN2O2S. The van der Waals surface area contributed by atoms with Gasteiger partial charge in [0.25, 0.3) is 0 Å².